The molecule has 0 spiro atoms. The average molecular weight is 295 g/mol. The number of aromatic nitrogens is 1. The van der Waals surface area contributed by atoms with Crippen molar-refractivity contribution in [3.05, 3.63) is 53.9 Å². The normalized spacial score (nSPS) is 9.64. The zero-order chi connectivity index (χ0) is 15.8. The van der Waals surface area contributed by atoms with Gasteiger partial charge in [-0.2, -0.15) is 5.26 Å². The molecule has 0 aliphatic heterocycles. The van der Waals surface area contributed by atoms with Gasteiger partial charge in [0.2, 0.25) is 0 Å². The third kappa shape index (κ3) is 4.49. The summed E-state index contributed by atoms with van der Waals surface area (Å²) in [5.74, 6) is 0. The second kappa shape index (κ2) is 7.64. The number of aryl methyl sites for hydroxylation is 1. The van der Waals surface area contributed by atoms with Gasteiger partial charge in [0, 0.05) is 36.9 Å². The number of anilines is 2. The van der Waals surface area contributed by atoms with E-state index in [9.17, 15) is 4.79 Å². The smallest absolute Gasteiger partial charge is 0.319 e. The van der Waals surface area contributed by atoms with Gasteiger partial charge in [-0.3, -0.25) is 4.98 Å². The number of amides is 2. The lowest BCUT2D eigenvalue weighted by atomic mass is 10.2. The van der Waals surface area contributed by atoms with Gasteiger partial charge in [-0.05, 0) is 36.8 Å². The monoisotopic (exact) mass is 295 g/mol. The van der Waals surface area contributed by atoms with Crippen LogP contribution < -0.4 is 16.0 Å². The first-order valence-electron chi connectivity index (χ1n) is 6.88. The molecule has 0 radical (unpaired) electrons. The van der Waals surface area contributed by atoms with E-state index >= 15 is 0 Å². The van der Waals surface area contributed by atoms with Crippen LogP contribution >= 0.6 is 0 Å². The van der Waals surface area contributed by atoms with Gasteiger partial charge in [0.1, 0.15) is 0 Å². The first kappa shape index (κ1) is 15.3. The molecule has 0 aliphatic carbocycles. The zero-order valence-corrected chi connectivity index (χ0v) is 12.3. The van der Waals surface area contributed by atoms with E-state index in [0.29, 0.717) is 24.3 Å². The Balaban J connectivity index is 1.74. The summed E-state index contributed by atoms with van der Waals surface area (Å²) in [5.41, 5.74) is 3.15. The van der Waals surface area contributed by atoms with Crippen LogP contribution in [0.25, 0.3) is 0 Å². The van der Waals surface area contributed by atoms with Gasteiger partial charge in [0.25, 0.3) is 0 Å². The summed E-state index contributed by atoms with van der Waals surface area (Å²) in [5, 5.41) is 17.5. The van der Waals surface area contributed by atoms with E-state index in [4.69, 9.17) is 5.26 Å². The lowest BCUT2D eigenvalue weighted by Gasteiger charge is -2.10. The summed E-state index contributed by atoms with van der Waals surface area (Å²) < 4.78 is 0. The molecule has 0 bridgehead atoms. The molecular weight excluding hydrogens is 278 g/mol. The Morgan fingerprint density at radius 3 is 2.95 bits per heavy atom. The van der Waals surface area contributed by atoms with Crippen LogP contribution in [0.2, 0.25) is 0 Å². The minimum Gasteiger partial charge on any atom is -0.383 e. The number of nitriles is 1. The van der Waals surface area contributed by atoms with Gasteiger partial charge in [-0.15, -0.1) is 0 Å². The lowest BCUT2D eigenvalue weighted by Crippen LogP contribution is -2.32. The van der Waals surface area contributed by atoms with Crippen LogP contribution in [0.3, 0.4) is 0 Å². The van der Waals surface area contributed by atoms with Gasteiger partial charge < -0.3 is 16.0 Å². The van der Waals surface area contributed by atoms with Crippen LogP contribution in [-0.4, -0.2) is 24.1 Å². The number of carbonyl (C=O) groups excluding carboxylic acids is 1. The molecule has 22 heavy (non-hydrogen) atoms. The van der Waals surface area contributed by atoms with Gasteiger partial charge in [-0.1, -0.05) is 6.07 Å². The molecule has 0 aliphatic rings. The van der Waals surface area contributed by atoms with Crippen molar-refractivity contribution in [3.63, 3.8) is 0 Å². The molecule has 6 heteroatoms. The van der Waals surface area contributed by atoms with Crippen molar-refractivity contribution in [3.8, 4) is 6.07 Å². The first-order valence-corrected chi connectivity index (χ1v) is 6.88. The summed E-state index contributed by atoms with van der Waals surface area (Å²) in [6.07, 6.45) is 3.50. The van der Waals surface area contributed by atoms with Crippen molar-refractivity contribution < 1.29 is 4.79 Å². The number of pyridine rings is 1. The molecule has 1 aromatic carbocycles. The molecule has 2 amide bonds. The van der Waals surface area contributed by atoms with Gasteiger partial charge in [0.15, 0.2) is 0 Å². The molecule has 3 N–H and O–H groups in total. The Kier molecular flexibility index (Phi) is 5.32. The molecule has 112 valence electrons. The van der Waals surface area contributed by atoms with E-state index in [-0.39, 0.29) is 6.03 Å². The Labute approximate surface area is 129 Å². The Hall–Kier alpha value is -3.07. The number of urea groups is 1. The maximum atomic E-state index is 11.7. The molecule has 0 fully saturated rings. The molecule has 0 unspecified atom stereocenters. The molecule has 0 saturated heterocycles. The van der Waals surface area contributed by atoms with Crippen LogP contribution in [0.15, 0.2) is 42.7 Å². The molecule has 0 saturated carbocycles. The summed E-state index contributed by atoms with van der Waals surface area (Å²) in [6.45, 7) is 3.06. The fourth-order valence-electron chi connectivity index (χ4n) is 1.89. The van der Waals surface area contributed by atoms with Crippen LogP contribution in [0.1, 0.15) is 11.1 Å². The Bertz CT molecular complexity index is 693. The number of hydrogen-bond donors (Lipinski definition) is 3. The Morgan fingerprint density at radius 2 is 2.18 bits per heavy atom. The third-order valence-corrected chi connectivity index (χ3v) is 3.00. The van der Waals surface area contributed by atoms with Crippen molar-refractivity contribution in [2.24, 2.45) is 0 Å². The highest BCUT2D eigenvalue weighted by atomic mass is 16.2. The van der Waals surface area contributed by atoms with Gasteiger partial charge in [0.05, 0.1) is 11.6 Å². The first-order chi connectivity index (χ1) is 10.7. The SMILES string of the molecule is Cc1cnccc1NCCNC(=O)Nc1cccc(C#N)c1. The number of nitrogens with one attached hydrogen (secondary N) is 3. The molecule has 6 nitrogen and oxygen atoms in total. The minimum atomic E-state index is -0.302. The molecule has 1 heterocycles. The van der Waals surface area contributed by atoms with Crippen molar-refractivity contribution in [1.82, 2.24) is 10.3 Å². The maximum absolute atomic E-state index is 11.7. The standard InChI is InChI=1S/C16H17N5O/c1-12-11-18-6-5-15(12)19-7-8-20-16(22)21-14-4-2-3-13(9-14)10-17/h2-6,9,11H,7-8H2,1H3,(H,18,19)(H2,20,21,22). The van der Waals surface area contributed by atoms with E-state index < -0.39 is 0 Å². The molecular formula is C16H17N5O. The lowest BCUT2D eigenvalue weighted by molar-refractivity contribution is 0.252. The highest BCUT2D eigenvalue weighted by Crippen LogP contribution is 2.11. The minimum absolute atomic E-state index is 0.302. The Morgan fingerprint density at radius 1 is 1.32 bits per heavy atom. The largest absolute Gasteiger partial charge is 0.383 e. The van der Waals surface area contributed by atoms with Gasteiger partial charge >= 0.3 is 6.03 Å². The number of hydrogen-bond acceptors (Lipinski definition) is 4. The average Bonchev–Trinajstić information content (AvgIpc) is 2.53. The summed E-state index contributed by atoms with van der Waals surface area (Å²) >= 11 is 0. The van der Waals surface area contributed by atoms with E-state index in [2.05, 4.69) is 20.9 Å². The number of rotatable bonds is 5. The van der Waals surface area contributed by atoms with Crippen molar-refractivity contribution in [2.75, 3.05) is 23.7 Å². The van der Waals surface area contributed by atoms with Crippen LogP contribution in [0.4, 0.5) is 16.2 Å². The predicted molar refractivity (Wildman–Crippen MR) is 85.6 cm³/mol. The van der Waals surface area contributed by atoms with Crippen molar-refractivity contribution in [1.29, 1.82) is 5.26 Å². The maximum Gasteiger partial charge on any atom is 0.319 e. The third-order valence-electron chi connectivity index (χ3n) is 3.00. The number of benzene rings is 1. The fourth-order valence-corrected chi connectivity index (χ4v) is 1.89. The molecule has 2 rings (SSSR count). The van der Waals surface area contributed by atoms with Crippen LogP contribution in [0, 0.1) is 18.3 Å². The number of carbonyl (C=O) groups is 1. The topological polar surface area (TPSA) is 89.8 Å². The van der Waals surface area contributed by atoms with Crippen molar-refractivity contribution in [2.45, 2.75) is 6.92 Å². The second-order valence-corrected chi connectivity index (χ2v) is 4.69. The van der Waals surface area contributed by atoms with E-state index in [0.717, 1.165) is 11.3 Å². The van der Waals surface area contributed by atoms with Gasteiger partial charge in [-0.25, -0.2) is 4.79 Å². The quantitative estimate of drug-likeness (QED) is 0.739. The summed E-state index contributed by atoms with van der Waals surface area (Å²) in [7, 11) is 0. The molecule has 0 atom stereocenters. The van der Waals surface area contributed by atoms with Crippen molar-refractivity contribution >= 4 is 17.4 Å². The highest BCUT2D eigenvalue weighted by molar-refractivity contribution is 5.89. The molecule has 1 aromatic heterocycles. The zero-order valence-electron chi connectivity index (χ0n) is 12.3. The summed E-state index contributed by atoms with van der Waals surface area (Å²) in [4.78, 5) is 15.8. The van der Waals surface area contributed by atoms with E-state index in [1.54, 1.807) is 36.7 Å². The predicted octanol–water partition coefficient (Wildman–Crippen LogP) is 2.50. The summed E-state index contributed by atoms with van der Waals surface area (Å²) in [6, 6.07) is 10.4. The van der Waals surface area contributed by atoms with E-state index in [1.165, 1.54) is 0 Å². The number of nitrogens with zero attached hydrogens (tertiary/aromatic N) is 2. The molecule has 2 aromatic rings. The van der Waals surface area contributed by atoms with E-state index in [1.807, 2.05) is 19.1 Å². The van der Waals surface area contributed by atoms with Crippen LogP contribution in [-0.2, 0) is 0 Å². The fraction of sp³-hybridized carbons (Fsp3) is 0.188. The highest BCUT2D eigenvalue weighted by Gasteiger charge is 2.02. The second-order valence-electron chi connectivity index (χ2n) is 4.69. The van der Waals surface area contributed by atoms with Crippen LogP contribution in [0.5, 0.6) is 0 Å².